The van der Waals surface area contributed by atoms with Crippen LogP contribution in [0.5, 0.6) is 5.75 Å². The Hall–Kier alpha value is -2.32. The van der Waals surface area contributed by atoms with Crippen molar-refractivity contribution in [1.82, 2.24) is 0 Å². The predicted molar refractivity (Wildman–Crippen MR) is 91.3 cm³/mol. The highest BCUT2D eigenvalue weighted by atomic mass is 32.1. The molecular formula is C19H14OS. The quantitative estimate of drug-likeness (QED) is 0.458. The largest absolute Gasteiger partial charge is 0.497 e. The van der Waals surface area contributed by atoms with E-state index in [0.29, 0.717) is 0 Å². The van der Waals surface area contributed by atoms with Crippen LogP contribution in [0, 0.1) is 0 Å². The second-order valence-corrected chi connectivity index (χ2v) is 6.16. The van der Waals surface area contributed by atoms with Crippen LogP contribution in [-0.4, -0.2) is 7.11 Å². The van der Waals surface area contributed by atoms with Crippen molar-refractivity contribution in [2.75, 3.05) is 7.11 Å². The molecule has 1 aromatic heterocycles. The summed E-state index contributed by atoms with van der Waals surface area (Å²) < 4.78 is 6.61. The molecule has 0 aliphatic rings. The zero-order valence-electron chi connectivity index (χ0n) is 11.7. The minimum atomic E-state index is 0.900. The van der Waals surface area contributed by atoms with E-state index in [-0.39, 0.29) is 0 Å². The molecule has 21 heavy (non-hydrogen) atoms. The molecule has 0 aliphatic heterocycles. The topological polar surface area (TPSA) is 9.23 Å². The summed E-state index contributed by atoms with van der Waals surface area (Å²) in [6.45, 7) is 0. The molecule has 0 N–H and O–H groups in total. The van der Waals surface area contributed by atoms with Crippen molar-refractivity contribution in [2.45, 2.75) is 0 Å². The van der Waals surface area contributed by atoms with Crippen LogP contribution in [0.2, 0.25) is 0 Å². The van der Waals surface area contributed by atoms with E-state index in [1.807, 2.05) is 17.4 Å². The maximum Gasteiger partial charge on any atom is 0.119 e. The van der Waals surface area contributed by atoms with Crippen LogP contribution in [-0.2, 0) is 0 Å². The van der Waals surface area contributed by atoms with E-state index in [1.165, 1.54) is 31.3 Å². The Bertz CT molecular complexity index is 904. The van der Waals surface area contributed by atoms with Crippen molar-refractivity contribution in [3.63, 3.8) is 0 Å². The molecule has 4 rings (SSSR count). The lowest BCUT2D eigenvalue weighted by Crippen LogP contribution is -1.82. The average Bonchev–Trinajstić information content (AvgIpc) is 2.98. The minimum Gasteiger partial charge on any atom is -0.497 e. The number of hydrogen-bond acceptors (Lipinski definition) is 2. The van der Waals surface area contributed by atoms with E-state index >= 15 is 0 Å². The van der Waals surface area contributed by atoms with E-state index in [2.05, 4.69) is 60.7 Å². The van der Waals surface area contributed by atoms with Crippen LogP contribution < -0.4 is 4.74 Å². The van der Waals surface area contributed by atoms with Crippen molar-refractivity contribution >= 4 is 32.2 Å². The Labute approximate surface area is 127 Å². The van der Waals surface area contributed by atoms with E-state index < -0.39 is 0 Å². The number of rotatable bonds is 2. The number of methoxy groups -OCH3 is 1. The van der Waals surface area contributed by atoms with Gasteiger partial charge in [-0.25, -0.2) is 0 Å². The van der Waals surface area contributed by atoms with Gasteiger partial charge in [-0.1, -0.05) is 36.4 Å². The first kappa shape index (κ1) is 12.4. The minimum absolute atomic E-state index is 0.900. The Balaban J connectivity index is 1.86. The molecule has 0 radical (unpaired) electrons. The fraction of sp³-hybridized carbons (Fsp3) is 0.0526. The van der Waals surface area contributed by atoms with E-state index in [1.54, 1.807) is 7.11 Å². The van der Waals surface area contributed by atoms with Crippen molar-refractivity contribution in [3.05, 3.63) is 66.7 Å². The van der Waals surface area contributed by atoms with Gasteiger partial charge in [-0.05, 0) is 52.1 Å². The SMILES string of the molecule is COc1ccc2cc(-c3cc4ccccc4s3)ccc2c1. The third-order valence-corrected chi connectivity index (χ3v) is 4.92. The van der Waals surface area contributed by atoms with Gasteiger partial charge in [0.15, 0.2) is 0 Å². The average molecular weight is 290 g/mol. The lowest BCUT2D eigenvalue weighted by molar-refractivity contribution is 0.415. The normalized spacial score (nSPS) is 11.1. The monoisotopic (exact) mass is 290 g/mol. The number of benzene rings is 3. The van der Waals surface area contributed by atoms with Crippen LogP contribution in [0.15, 0.2) is 66.7 Å². The van der Waals surface area contributed by atoms with Gasteiger partial charge in [0, 0.05) is 9.58 Å². The molecule has 0 aliphatic carbocycles. The van der Waals surface area contributed by atoms with Gasteiger partial charge in [-0.3, -0.25) is 0 Å². The molecule has 102 valence electrons. The summed E-state index contributed by atoms with van der Waals surface area (Å²) in [5.74, 6) is 0.900. The lowest BCUT2D eigenvalue weighted by Gasteiger charge is -2.04. The zero-order valence-corrected chi connectivity index (χ0v) is 12.5. The number of fused-ring (bicyclic) bond motifs is 2. The van der Waals surface area contributed by atoms with Crippen molar-refractivity contribution in [2.24, 2.45) is 0 Å². The van der Waals surface area contributed by atoms with Crippen LogP contribution in [0.4, 0.5) is 0 Å². The van der Waals surface area contributed by atoms with Gasteiger partial charge in [0.25, 0.3) is 0 Å². The van der Waals surface area contributed by atoms with Gasteiger partial charge < -0.3 is 4.74 Å². The van der Waals surface area contributed by atoms with Gasteiger partial charge in [0.05, 0.1) is 7.11 Å². The van der Waals surface area contributed by atoms with Crippen LogP contribution in [0.25, 0.3) is 31.3 Å². The molecule has 1 heterocycles. The molecule has 4 aromatic rings. The first-order valence-corrected chi connectivity index (χ1v) is 7.72. The zero-order chi connectivity index (χ0) is 14.2. The molecule has 1 nitrogen and oxygen atoms in total. The van der Waals surface area contributed by atoms with Crippen LogP contribution >= 0.6 is 11.3 Å². The molecule has 0 bridgehead atoms. The van der Waals surface area contributed by atoms with Gasteiger partial charge in [-0.15, -0.1) is 11.3 Å². The summed E-state index contributed by atoms with van der Waals surface area (Å²) in [7, 11) is 1.70. The van der Waals surface area contributed by atoms with Crippen molar-refractivity contribution in [3.8, 4) is 16.2 Å². The summed E-state index contributed by atoms with van der Waals surface area (Å²) in [5.41, 5.74) is 1.27. The first-order chi connectivity index (χ1) is 10.3. The Kier molecular flexibility index (Phi) is 2.90. The molecule has 0 saturated carbocycles. The van der Waals surface area contributed by atoms with Crippen LogP contribution in [0.1, 0.15) is 0 Å². The van der Waals surface area contributed by atoms with Crippen molar-refractivity contribution in [1.29, 1.82) is 0 Å². The van der Waals surface area contributed by atoms with Gasteiger partial charge >= 0.3 is 0 Å². The Morgan fingerprint density at radius 2 is 1.57 bits per heavy atom. The molecule has 0 amide bonds. The molecule has 0 fully saturated rings. The molecule has 3 aromatic carbocycles. The third kappa shape index (κ3) is 2.18. The highest BCUT2D eigenvalue weighted by Gasteiger charge is 2.05. The summed E-state index contributed by atoms with van der Waals surface area (Å²) in [6, 6.07) is 23.6. The van der Waals surface area contributed by atoms with E-state index in [9.17, 15) is 0 Å². The smallest absolute Gasteiger partial charge is 0.119 e. The summed E-state index contributed by atoms with van der Waals surface area (Å²) in [5, 5.41) is 3.76. The molecular weight excluding hydrogens is 276 g/mol. The molecule has 0 spiro atoms. The fourth-order valence-corrected chi connectivity index (χ4v) is 3.69. The van der Waals surface area contributed by atoms with Gasteiger partial charge in [-0.2, -0.15) is 0 Å². The van der Waals surface area contributed by atoms with Crippen LogP contribution in [0.3, 0.4) is 0 Å². The van der Waals surface area contributed by atoms with Gasteiger partial charge in [0.2, 0.25) is 0 Å². The van der Waals surface area contributed by atoms with Crippen molar-refractivity contribution < 1.29 is 4.74 Å². The number of ether oxygens (including phenoxy) is 1. The second-order valence-electron chi connectivity index (χ2n) is 5.08. The highest BCUT2D eigenvalue weighted by molar-refractivity contribution is 7.22. The maximum absolute atomic E-state index is 5.28. The number of thiophene rings is 1. The Morgan fingerprint density at radius 1 is 0.762 bits per heavy atom. The fourth-order valence-electron chi connectivity index (χ4n) is 2.63. The third-order valence-electron chi connectivity index (χ3n) is 3.76. The molecule has 0 atom stereocenters. The summed E-state index contributed by atoms with van der Waals surface area (Å²) in [4.78, 5) is 1.31. The predicted octanol–water partition coefficient (Wildman–Crippen LogP) is 5.73. The lowest BCUT2D eigenvalue weighted by atomic mass is 10.1. The first-order valence-electron chi connectivity index (χ1n) is 6.90. The summed E-state index contributed by atoms with van der Waals surface area (Å²) >= 11 is 1.84. The van der Waals surface area contributed by atoms with Gasteiger partial charge in [0.1, 0.15) is 5.75 Å². The number of hydrogen-bond donors (Lipinski definition) is 0. The maximum atomic E-state index is 5.28. The highest BCUT2D eigenvalue weighted by Crippen LogP contribution is 2.35. The van der Waals surface area contributed by atoms with E-state index in [0.717, 1.165) is 5.75 Å². The second kappa shape index (κ2) is 4.90. The Morgan fingerprint density at radius 3 is 2.43 bits per heavy atom. The van der Waals surface area contributed by atoms with E-state index in [4.69, 9.17) is 4.74 Å². The molecule has 0 unspecified atom stereocenters. The standard InChI is InChI=1S/C19H14OS/c1-20-17-9-8-13-10-16(7-6-14(13)11-17)19-12-15-4-2-3-5-18(15)21-19/h2-12H,1H3. The molecule has 2 heteroatoms. The molecule has 0 saturated heterocycles. The summed E-state index contributed by atoms with van der Waals surface area (Å²) in [6.07, 6.45) is 0.